The number of hydrogen-bond donors (Lipinski definition) is 1. The van der Waals surface area contributed by atoms with Crippen molar-refractivity contribution in [3.8, 4) is 0 Å². The van der Waals surface area contributed by atoms with Crippen molar-refractivity contribution in [1.82, 2.24) is 10.2 Å². The minimum Gasteiger partial charge on any atom is -0.456 e. The van der Waals surface area contributed by atoms with E-state index in [1.54, 1.807) is 0 Å². The number of carbonyl (C=O) groups excluding carboxylic acids is 3. The van der Waals surface area contributed by atoms with Crippen LogP contribution in [0.1, 0.15) is 71.1 Å². The second-order valence-corrected chi connectivity index (χ2v) is 9.80. The third kappa shape index (κ3) is 4.06. The van der Waals surface area contributed by atoms with E-state index in [0.717, 1.165) is 62.8 Å². The second kappa shape index (κ2) is 8.03. The van der Waals surface area contributed by atoms with Gasteiger partial charge in [-0.3, -0.25) is 14.4 Å². The van der Waals surface area contributed by atoms with E-state index in [2.05, 4.69) is 5.32 Å². The van der Waals surface area contributed by atoms with Gasteiger partial charge >= 0.3 is 5.97 Å². The molecule has 1 atom stereocenters. The van der Waals surface area contributed by atoms with Crippen molar-refractivity contribution in [3.63, 3.8) is 0 Å². The van der Waals surface area contributed by atoms with Crippen molar-refractivity contribution in [3.05, 3.63) is 0 Å². The monoisotopic (exact) mass is 390 g/mol. The van der Waals surface area contributed by atoms with Gasteiger partial charge in [0.05, 0.1) is 6.42 Å². The van der Waals surface area contributed by atoms with Gasteiger partial charge in [-0.15, -0.1) is 0 Å². The van der Waals surface area contributed by atoms with Crippen LogP contribution in [-0.4, -0.2) is 48.4 Å². The van der Waals surface area contributed by atoms with Gasteiger partial charge in [-0.05, 0) is 82.5 Å². The molecule has 6 nitrogen and oxygen atoms in total. The molecular formula is C22H34N2O4. The Bertz CT molecular complexity index is 597. The molecule has 5 fully saturated rings. The Labute approximate surface area is 167 Å². The van der Waals surface area contributed by atoms with E-state index in [1.165, 1.54) is 19.3 Å². The highest BCUT2D eigenvalue weighted by Gasteiger charge is 2.54. The van der Waals surface area contributed by atoms with Crippen LogP contribution in [0.4, 0.5) is 0 Å². The Morgan fingerprint density at radius 3 is 2.29 bits per heavy atom. The van der Waals surface area contributed by atoms with Gasteiger partial charge in [0.15, 0.2) is 6.61 Å². The molecule has 0 aromatic heterocycles. The van der Waals surface area contributed by atoms with Gasteiger partial charge in [0.2, 0.25) is 5.91 Å². The van der Waals surface area contributed by atoms with E-state index >= 15 is 0 Å². The van der Waals surface area contributed by atoms with Crippen LogP contribution in [-0.2, 0) is 19.1 Å². The molecule has 28 heavy (non-hydrogen) atoms. The highest BCUT2D eigenvalue weighted by molar-refractivity contribution is 5.84. The van der Waals surface area contributed by atoms with E-state index in [1.807, 2.05) is 11.8 Å². The summed E-state index contributed by atoms with van der Waals surface area (Å²) in [6.45, 7) is 2.90. The number of ether oxygens (including phenoxy) is 1. The third-order valence-electron chi connectivity index (χ3n) is 7.61. The number of amides is 2. The number of esters is 1. The van der Waals surface area contributed by atoms with Crippen LogP contribution in [0.3, 0.4) is 0 Å². The van der Waals surface area contributed by atoms with Crippen molar-refractivity contribution in [2.24, 2.45) is 23.2 Å². The normalized spacial score (nSPS) is 36.2. The topological polar surface area (TPSA) is 75.7 Å². The second-order valence-electron chi connectivity index (χ2n) is 9.80. The van der Waals surface area contributed by atoms with Crippen LogP contribution >= 0.6 is 0 Å². The number of hydrogen-bond acceptors (Lipinski definition) is 4. The summed E-state index contributed by atoms with van der Waals surface area (Å²) in [7, 11) is 0. The van der Waals surface area contributed by atoms with E-state index < -0.39 is 5.97 Å². The molecule has 5 aliphatic rings. The molecule has 1 unspecified atom stereocenters. The highest BCUT2D eigenvalue weighted by atomic mass is 16.5. The predicted octanol–water partition coefficient (Wildman–Crippen LogP) is 2.65. The van der Waals surface area contributed by atoms with Crippen molar-refractivity contribution in [2.45, 2.75) is 77.2 Å². The highest BCUT2D eigenvalue weighted by Crippen LogP contribution is 2.60. The van der Waals surface area contributed by atoms with Crippen molar-refractivity contribution >= 4 is 17.8 Å². The molecule has 4 bridgehead atoms. The first-order valence-electron chi connectivity index (χ1n) is 11.2. The van der Waals surface area contributed by atoms with Crippen LogP contribution in [0.25, 0.3) is 0 Å². The Kier molecular flexibility index (Phi) is 5.66. The summed E-state index contributed by atoms with van der Waals surface area (Å²) in [4.78, 5) is 38.9. The predicted molar refractivity (Wildman–Crippen MR) is 104 cm³/mol. The maximum atomic E-state index is 12.9. The lowest BCUT2D eigenvalue weighted by atomic mass is 9.49. The van der Waals surface area contributed by atoms with Crippen LogP contribution in [0.5, 0.6) is 0 Å². The summed E-state index contributed by atoms with van der Waals surface area (Å²) >= 11 is 0. The summed E-state index contributed by atoms with van der Waals surface area (Å²) in [5.41, 5.74) is -0.182. The smallest absolute Gasteiger partial charge is 0.308 e. The average Bonchev–Trinajstić information content (AvgIpc) is 2.65. The first kappa shape index (κ1) is 19.7. The fourth-order valence-electron chi connectivity index (χ4n) is 6.62. The lowest BCUT2D eigenvalue weighted by molar-refractivity contribution is -0.153. The Morgan fingerprint density at radius 2 is 1.68 bits per heavy atom. The molecule has 0 radical (unpaired) electrons. The molecule has 1 saturated heterocycles. The summed E-state index contributed by atoms with van der Waals surface area (Å²) in [6, 6.07) is 0.222. The van der Waals surface area contributed by atoms with E-state index in [4.69, 9.17) is 4.74 Å². The Balaban J connectivity index is 1.17. The quantitative estimate of drug-likeness (QED) is 0.708. The molecule has 1 N–H and O–H groups in total. The summed E-state index contributed by atoms with van der Waals surface area (Å²) in [6.07, 6.45) is 10.3. The number of likely N-dealkylation sites (tertiary alicyclic amines) is 1. The van der Waals surface area contributed by atoms with Crippen LogP contribution < -0.4 is 5.32 Å². The zero-order chi connectivity index (χ0) is 19.7. The molecule has 4 saturated carbocycles. The molecule has 156 valence electrons. The number of nitrogens with zero attached hydrogens (tertiary/aromatic N) is 1. The SMILES string of the molecule is CC1CCCCN1C(=O)COC(=O)CCNC(=O)C12CC3CC(CC(C3)C1)C2. The molecule has 1 aliphatic heterocycles. The minimum absolute atomic E-state index is 0.113. The molecule has 2 amide bonds. The summed E-state index contributed by atoms with van der Waals surface area (Å²) in [5, 5.41) is 2.99. The fourth-order valence-corrected chi connectivity index (χ4v) is 6.62. The third-order valence-corrected chi connectivity index (χ3v) is 7.61. The molecule has 4 aliphatic carbocycles. The molecule has 5 rings (SSSR count). The average molecular weight is 391 g/mol. The van der Waals surface area contributed by atoms with Gasteiger partial charge < -0.3 is 15.0 Å². The molecule has 0 spiro atoms. The zero-order valence-corrected chi connectivity index (χ0v) is 17.1. The Morgan fingerprint density at radius 1 is 1.04 bits per heavy atom. The molecule has 1 heterocycles. The Hall–Kier alpha value is -1.59. The maximum absolute atomic E-state index is 12.9. The number of piperidine rings is 1. The molecule has 0 aromatic carbocycles. The van der Waals surface area contributed by atoms with Crippen molar-refractivity contribution < 1.29 is 19.1 Å². The van der Waals surface area contributed by atoms with E-state index in [9.17, 15) is 14.4 Å². The molecular weight excluding hydrogens is 356 g/mol. The van der Waals surface area contributed by atoms with Gasteiger partial charge in [0.1, 0.15) is 0 Å². The lowest BCUT2D eigenvalue weighted by Crippen LogP contribution is -2.53. The van der Waals surface area contributed by atoms with Crippen LogP contribution in [0.2, 0.25) is 0 Å². The number of rotatable bonds is 6. The van der Waals surface area contributed by atoms with Gasteiger partial charge in [0, 0.05) is 24.5 Å². The number of nitrogens with one attached hydrogen (secondary N) is 1. The van der Waals surface area contributed by atoms with Crippen molar-refractivity contribution in [1.29, 1.82) is 0 Å². The van der Waals surface area contributed by atoms with Crippen molar-refractivity contribution in [2.75, 3.05) is 19.7 Å². The van der Waals surface area contributed by atoms with Gasteiger partial charge in [0.25, 0.3) is 5.91 Å². The largest absolute Gasteiger partial charge is 0.456 e. The van der Waals surface area contributed by atoms with Gasteiger partial charge in [-0.25, -0.2) is 0 Å². The maximum Gasteiger partial charge on any atom is 0.308 e. The molecule has 6 heteroatoms. The first-order chi connectivity index (χ1) is 13.4. The zero-order valence-electron chi connectivity index (χ0n) is 17.1. The minimum atomic E-state index is -0.413. The fraction of sp³-hybridized carbons (Fsp3) is 0.864. The summed E-state index contributed by atoms with van der Waals surface area (Å²) < 4.78 is 5.16. The van der Waals surface area contributed by atoms with E-state index in [-0.39, 0.29) is 36.3 Å². The number of carbonyl (C=O) groups is 3. The standard InChI is InChI=1S/C22H34N2O4/c1-15-4-2-3-7-24(15)19(25)14-28-20(26)5-6-23-21(27)22-11-16-8-17(12-22)10-18(9-16)13-22/h15-18H,2-14H2,1H3,(H,23,27). The van der Waals surface area contributed by atoms with Gasteiger partial charge in [-0.2, -0.15) is 0 Å². The lowest BCUT2D eigenvalue weighted by Gasteiger charge is -2.55. The first-order valence-corrected chi connectivity index (χ1v) is 11.2. The van der Waals surface area contributed by atoms with Gasteiger partial charge in [-0.1, -0.05) is 0 Å². The van der Waals surface area contributed by atoms with E-state index in [0.29, 0.717) is 6.54 Å². The van der Waals surface area contributed by atoms with Crippen LogP contribution in [0, 0.1) is 23.2 Å². The summed E-state index contributed by atoms with van der Waals surface area (Å²) in [5.74, 6) is 1.79. The molecule has 0 aromatic rings. The van der Waals surface area contributed by atoms with Crippen LogP contribution in [0.15, 0.2) is 0 Å².